The number of rotatable bonds is 2. The molecule has 0 N–H and O–H groups in total. The van der Waals surface area contributed by atoms with Gasteiger partial charge < -0.3 is 0 Å². The number of carbonyl (C=O) groups is 2. The van der Waals surface area contributed by atoms with E-state index in [1.807, 2.05) is 0 Å². The summed E-state index contributed by atoms with van der Waals surface area (Å²) in [6, 6.07) is 8.47. The summed E-state index contributed by atoms with van der Waals surface area (Å²) in [5.41, 5.74) is 1.04. The van der Waals surface area contributed by atoms with Crippen LogP contribution in [0.3, 0.4) is 0 Å². The summed E-state index contributed by atoms with van der Waals surface area (Å²) in [6.07, 6.45) is 0. The summed E-state index contributed by atoms with van der Waals surface area (Å²) in [4.78, 5) is 36.2. The second-order valence-corrected chi connectivity index (χ2v) is 5.30. The molecule has 1 aliphatic rings. The number of fused-ring (bicyclic) bond motifs is 1. The van der Waals surface area contributed by atoms with Crippen molar-refractivity contribution in [3.8, 4) is 0 Å². The lowest BCUT2D eigenvalue weighted by atomic mass is 10.1. The highest BCUT2D eigenvalue weighted by atomic mass is 35.5. The molecule has 0 aromatic heterocycles. The molecule has 2 aromatic carbocycles. The predicted octanol–water partition coefficient (Wildman–Crippen LogP) is 3.36. The minimum atomic E-state index is -0.571. The Labute approximate surface area is 130 Å². The average Bonchev–Trinajstić information content (AvgIpc) is 2.71. The number of benzene rings is 2. The van der Waals surface area contributed by atoms with Crippen LogP contribution in [0.15, 0.2) is 36.4 Å². The summed E-state index contributed by atoms with van der Waals surface area (Å²) >= 11 is 5.86. The molecule has 0 bridgehead atoms. The molecule has 22 heavy (non-hydrogen) atoms. The number of carbonyl (C=O) groups excluding carboxylic acids is 2. The zero-order valence-corrected chi connectivity index (χ0v) is 12.1. The Morgan fingerprint density at radius 1 is 1.05 bits per heavy atom. The number of aryl methyl sites for hydroxylation is 1. The van der Waals surface area contributed by atoms with E-state index in [4.69, 9.17) is 11.6 Å². The maximum Gasteiger partial charge on any atom is 0.271 e. The number of imide groups is 1. The largest absolute Gasteiger partial charge is 0.271 e. The van der Waals surface area contributed by atoms with Crippen molar-refractivity contribution in [1.82, 2.24) is 0 Å². The SMILES string of the molecule is Cc1ccc([N+](=O)[O-])cc1N1C(=O)c2ccc(Cl)cc2C1=O. The van der Waals surface area contributed by atoms with Gasteiger partial charge in [0.15, 0.2) is 0 Å². The first-order chi connectivity index (χ1) is 10.4. The second-order valence-electron chi connectivity index (χ2n) is 4.86. The van der Waals surface area contributed by atoms with Gasteiger partial charge in [0, 0.05) is 17.2 Å². The zero-order chi connectivity index (χ0) is 16.0. The Kier molecular flexibility index (Phi) is 3.18. The minimum absolute atomic E-state index is 0.185. The molecule has 7 heteroatoms. The monoisotopic (exact) mass is 316 g/mol. The van der Waals surface area contributed by atoms with Gasteiger partial charge in [0.2, 0.25) is 0 Å². The number of halogens is 1. The van der Waals surface area contributed by atoms with Crippen molar-refractivity contribution in [1.29, 1.82) is 0 Å². The normalized spacial score (nSPS) is 13.5. The molecule has 0 unspecified atom stereocenters. The van der Waals surface area contributed by atoms with Crippen molar-refractivity contribution in [2.45, 2.75) is 6.92 Å². The molecule has 1 heterocycles. The van der Waals surface area contributed by atoms with Crippen molar-refractivity contribution in [2.75, 3.05) is 4.90 Å². The van der Waals surface area contributed by atoms with E-state index < -0.39 is 16.7 Å². The third-order valence-electron chi connectivity index (χ3n) is 3.49. The fraction of sp³-hybridized carbons (Fsp3) is 0.0667. The van der Waals surface area contributed by atoms with E-state index in [1.54, 1.807) is 6.92 Å². The van der Waals surface area contributed by atoms with Crippen LogP contribution in [-0.2, 0) is 0 Å². The van der Waals surface area contributed by atoms with E-state index in [9.17, 15) is 19.7 Å². The fourth-order valence-corrected chi connectivity index (χ4v) is 2.56. The average molecular weight is 317 g/mol. The Morgan fingerprint density at radius 2 is 1.73 bits per heavy atom. The molecule has 6 nitrogen and oxygen atoms in total. The van der Waals surface area contributed by atoms with Gasteiger partial charge in [-0.3, -0.25) is 19.7 Å². The van der Waals surface area contributed by atoms with Gasteiger partial charge in [0.25, 0.3) is 17.5 Å². The van der Waals surface area contributed by atoms with E-state index in [-0.39, 0.29) is 22.5 Å². The Morgan fingerprint density at radius 3 is 2.41 bits per heavy atom. The first kappa shape index (κ1) is 14.2. The number of amides is 2. The van der Waals surface area contributed by atoms with Gasteiger partial charge in [0.1, 0.15) is 0 Å². The molecule has 0 spiro atoms. The van der Waals surface area contributed by atoms with Crippen LogP contribution in [-0.4, -0.2) is 16.7 Å². The van der Waals surface area contributed by atoms with Crippen LogP contribution in [0.25, 0.3) is 0 Å². The number of anilines is 1. The van der Waals surface area contributed by atoms with Crippen molar-refractivity contribution in [2.24, 2.45) is 0 Å². The lowest BCUT2D eigenvalue weighted by Gasteiger charge is -2.16. The smallest absolute Gasteiger partial charge is 0.268 e. The molecule has 2 aromatic rings. The number of nitro benzene ring substituents is 1. The van der Waals surface area contributed by atoms with Crippen LogP contribution in [0.1, 0.15) is 26.3 Å². The van der Waals surface area contributed by atoms with E-state index in [2.05, 4.69) is 0 Å². The van der Waals surface area contributed by atoms with Crippen LogP contribution in [0.2, 0.25) is 5.02 Å². The maximum atomic E-state index is 12.5. The summed E-state index contributed by atoms with van der Waals surface area (Å²) in [5, 5.41) is 11.2. The second kappa shape index (κ2) is 4.92. The van der Waals surface area contributed by atoms with Gasteiger partial charge in [-0.05, 0) is 30.7 Å². The topological polar surface area (TPSA) is 80.5 Å². The van der Waals surface area contributed by atoms with Gasteiger partial charge in [-0.25, -0.2) is 4.90 Å². The highest BCUT2D eigenvalue weighted by Gasteiger charge is 2.37. The molecule has 0 saturated heterocycles. The summed E-state index contributed by atoms with van der Waals surface area (Å²) in [6.45, 7) is 1.68. The molecule has 3 rings (SSSR count). The Balaban J connectivity index is 2.15. The number of hydrogen-bond donors (Lipinski definition) is 0. The van der Waals surface area contributed by atoms with Gasteiger partial charge in [-0.1, -0.05) is 17.7 Å². The van der Waals surface area contributed by atoms with Crippen LogP contribution in [0, 0.1) is 17.0 Å². The highest BCUT2D eigenvalue weighted by Crippen LogP contribution is 2.33. The summed E-state index contributed by atoms with van der Waals surface area (Å²) in [7, 11) is 0. The van der Waals surface area contributed by atoms with Gasteiger partial charge >= 0.3 is 0 Å². The van der Waals surface area contributed by atoms with Gasteiger partial charge in [-0.15, -0.1) is 0 Å². The number of hydrogen-bond acceptors (Lipinski definition) is 4. The van der Waals surface area contributed by atoms with Crippen molar-refractivity contribution in [3.05, 3.63) is 68.2 Å². The lowest BCUT2D eigenvalue weighted by Crippen LogP contribution is -2.30. The molecule has 1 aliphatic heterocycles. The minimum Gasteiger partial charge on any atom is -0.268 e. The Bertz CT molecular complexity index is 847. The number of non-ortho nitro benzene ring substituents is 1. The van der Waals surface area contributed by atoms with Crippen LogP contribution < -0.4 is 4.90 Å². The number of nitrogens with zero attached hydrogens (tertiary/aromatic N) is 2. The third kappa shape index (κ3) is 2.05. The lowest BCUT2D eigenvalue weighted by molar-refractivity contribution is -0.384. The van der Waals surface area contributed by atoms with E-state index in [0.717, 1.165) is 4.90 Å². The first-order valence-electron chi connectivity index (χ1n) is 6.33. The maximum absolute atomic E-state index is 12.5. The highest BCUT2D eigenvalue weighted by molar-refractivity contribution is 6.36. The molecule has 0 radical (unpaired) electrons. The van der Waals surface area contributed by atoms with E-state index in [0.29, 0.717) is 10.6 Å². The first-order valence-corrected chi connectivity index (χ1v) is 6.71. The molecule has 0 fully saturated rings. The molecule has 2 amide bonds. The summed E-state index contributed by atoms with van der Waals surface area (Å²) < 4.78 is 0. The number of nitro groups is 1. The molecular formula is C15H9ClN2O4. The molecular weight excluding hydrogens is 308 g/mol. The molecule has 0 atom stereocenters. The van der Waals surface area contributed by atoms with Crippen LogP contribution >= 0.6 is 11.6 Å². The van der Waals surface area contributed by atoms with E-state index >= 15 is 0 Å². The summed E-state index contributed by atoms with van der Waals surface area (Å²) in [5.74, 6) is -1.05. The van der Waals surface area contributed by atoms with E-state index in [1.165, 1.54) is 36.4 Å². The van der Waals surface area contributed by atoms with Crippen LogP contribution in [0.4, 0.5) is 11.4 Å². The predicted molar refractivity (Wildman–Crippen MR) is 80.4 cm³/mol. The van der Waals surface area contributed by atoms with Crippen molar-refractivity contribution in [3.63, 3.8) is 0 Å². The third-order valence-corrected chi connectivity index (χ3v) is 3.73. The zero-order valence-electron chi connectivity index (χ0n) is 11.4. The van der Waals surface area contributed by atoms with Crippen molar-refractivity contribution < 1.29 is 14.5 Å². The van der Waals surface area contributed by atoms with Gasteiger partial charge in [0.05, 0.1) is 21.7 Å². The van der Waals surface area contributed by atoms with Crippen LogP contribution in [0.5, 0.6) is 0 Å². The molecule has 110 valence electrons. The molecule has 0 aliphatic carbocycles. The van der Waals surface area contributed by atoms with Crippen molar-refractivity contribution >= 4 is 34.8 Å². The molecule has 0 saturated carbocycles. The fourth-order valence-electron chi connectivity index (χ4n) is 2.38. The van der Waals surface area contributed by atoms with Gasteiger partial charge in [-0.2, -0.15) is 0 Å². The quantitative estimate of drug-likeness (QED) is 0.483. The Hall–Kier alpha value is -2.73. The standard InChI is InChI=1S/C15H9ClN2O4/c1-8-2-4-10(18(21)22)7-13(8)17-14(19)11-5-3-9(16)6-12(11)15(17)20/h2-7H,1H3.